The molecule has 0 aliphatic heterocycles. The molecule has 0 saturated heterocycles. The second kappa shape index (κ2) is 18.0. The fourth-order valence-electron chi connectivity index (χ4n) is 7.15. The number of hydrogen-bond donors (Lipinski definition) is 4. The molecular formula is C45H45N3O7S. The number of fused-ring (bicyclic) bond motifs is 1. The van der Waals surface area contributed by atoms with Gasteiger partial charge in [-0.1, -0.05) is 50.2 Å². The van der Waals surface area contributed by atoms with Gasteiger partial charge in [0, 0.05) is 34.3 Å². The fourth-order valence-corrected chi connectivity index (χ4v) is 8.43. The number of hydrogen-bond acceptors (Lipinski definition) is 6. The van der Waals surface area contributed by atoms with Crippen LogP contribution in [0.1, 0.15) is 118 Å². The number of anilines is 2. The summed E-state index contributed by atoms with van der Waals surface area (Å²) in [6.45, 7) is 4.29. The first-order valence-electron chi connectivity index (χ1n) is 19.0. The lowest BCUT2D eigenvalue weighted by molar-refractivity contribution is 0.0645. The van der Waals surface area contributed by atoms with Crippen LogP contribution in [0.25, 0.3) is 0 Å². The molecule has 288 valence electrons. The number of amides is 3. The Kier molecular flexibility index (Phi) is 12.8. The summed E-state index contributed by atoms with van der Waals surface area (Å²) in [6.07, 6.45) is 6.53. The largest absolute Gasteiger partial charge is 0.478 e. The van der Waals surface area contributed by atoms with Gasteiger partial charge in [-0.05, 0) is 134 Å². The molecule has 0 fully saturated rings. The monoisotopic (exact) mass is 771 g/mol. The number of carboxylic acid groups (broad SMARTS) is 2. The number of thiophene rings is 1. The van der Waals surface area contributed by atoms with E-state index in [-0.39, 0.29) is 41.4 Å². The van der Waals surface area contributed by atoms with Gasteiger partial charge in [0.15, 0.2) is 0 Å². The number of benzene rings is 4. The Balaban J connectivity index is 1.15. The van der Waals surface area contributed by atoms with E-state index in [1.165, 1.54) is 35.6 Å². The van der Waals surface area contributed by atoms with E-state index in [0.29, 0.717) is 27.4 Å². The van der Waals surface area contributed by atoms with Crippen molar-refractivity contribution in [3.63, 3.8) is 0 Å². The van der Waals surface area contributed by atoms with Gasteiger partial charge in [-0.25, -0.2) is 9.59 Å². The van der Waals surface area contributed by atoms with E-state index in [2.05, 4.69) is 10.6 Å². The summed E-state index contributed by atoms with van der Waals surface area (Å²) < 4.78 is 0. The second-order valence-corrected chi connectivity index (χ2v) is 15.1. The molecule has 10 nitrogen and oxygen atoms in total. The number of carbonyl (C=O) groups is 5. The van der Waals surface area contributed by atoms with Crippen molar-refractivity contribution in [2.45, 2.75) is 77.8 Å². The van der Waals surface area contributed by atoms with E-state index in [0.717, 1.165) is 78.5 Å². The number of aryl methyl sites for hydroxylation is 3. The molecule has 0 atom stereocenters. The van der Waals surface area contributed by atoms with Crippen molar-refractivity contribution in [2.24, 2.45) is 0 Å². The van der Waals surface area contributed by atoms with Gasteiger partial charge in [-0.3, -0.25) is 14.4 Å². The summed E-state index contributed by atoms with van der Waals surface area (Å²) in [7, 11) is 0. The Morgan fingerprint density at radius 3 is 1.84 bits per heavy atom. The molecule has 1 aromatic heterocycles. The first-order chi connectivity index (χ1) is 27.0. The van der Waals surface area contributed by atoms with Gasteiger partial charge in [0.2, 0.25) is 0 Å². The van der Waals surface area contributed by atoms with Crippen molar-refractivity contribution in [3.8, 4) is 0 Å². The summed E-state index contributed by atoms with van der Waals surface area (Å²) in [5, 5.41) is 25.0. The maximum Gasteiger partial charge on any atom is 0.335 e. The molecule has 0 bridgehead atoms. The van der Waals surface area contributed by atoms with Gasteiger partial charge < -0.3 is 25.7 Å². The predicted molar refractivity (Wildman–Crippen MR) is 218 cm³/mol. The van der Waals surface area contributed by atoms with E-state index in [1.807, 2.05) is 56.3 Å². The third kappa shape index (κ3) is 9.41. The number of carboxylic acids is 2. The van der Waals surface area contributed by atoms with E-state index in [4.69, 9.17) is 5.11 Å². The number of nitrogens with one attached hydrogen (secondary N) is 2. The van der Waals surface area contributed by atoms with Crippen LogP contribution in [-0.4, -0.2) is 50.8 Å². The zero-order valence-electron chi connectivity index (χ0n) is 31.5. The predicted octanol–water partition coefficient (Wildman–Crippen LogP) is 9.14. The van der Waals surface area contributed by atoms with E-state index in [9.17, 15) is 29.1 Å². The van der Waals surface area contributed by atoms with Crippen LogP contribution in [0.3, 0.4) is 0 Å². The summed E-state index contributed by atoms with van der Waals surface area (Å²) >= 11 is 1.45. The van der Waals surface area contributed by atoms with Gasteiger partial charge in [0.05, 0.1) is 16.7 Å². The number of carbonyl (C=O) groups excluding carboxylic acids is 3. The minimum atomic E-state index is -1.06. The third-order valence-electron chi connectivity index (χ3n) is 10.3. The quantitative estimate of drug-likeness (QED) is 0.0828. The molecule has 0 spiro atoms. The standard InChI is InChI=1S/C45H45N3O7S/c1-3-36(4-2)48(43(51)31-20-22-33(23-21-31)45(54)55)27-30-8-7-9-34(26-30)40(49)47-42-39(37-10-5-6-11-38(37)56-42)41(50)46-35-24-16-29(17-25-35)13-12-28-14-18-32(19-15-28)44(52)53/h7-9,14-26,36H,3-6,10-13,27H2,1-2H3,(H,46,50)(H,47,49)(H,52,53)(H,54,55). The van der Waals surface area contributed by atoms with E-state index >= 15 is 0 Å². The topological polar surface area (TPSA) is 153 Å². The van der Waals surface area contributed by atoms with Gasteiger partial charge in [0.25, 0.3) is 17.7 Å². The third-order valence-corrected chi connectivity index (χ3v) is 11.5. The van der Waals surface area contributed by atoms with Crippen LogP contribution in [0.15, 0.2) is 97.1 Å². The molecule has 5 aromatic rings. The van der Waals surface area contributed by atoms with Crippen molar-refractivity contribution in [1.29, 1.82) is 0 Å². The molecule has 0 unspecified atom stereocenters. The minimum Gasteiger partial charge on any atom is -0.478 e. The molecular weight excluding hydrogens is 727 g/mol. The number of rotatable bonds is 15. The molecule has 3 amide bonds. The summed E-state index contributed by atoms with van der Waals surface area (Å²) in [6, 6.07) is 27.5. The molecule has 1 aliphatic rings. The SMILES string of the molecule is CCC(CC)N(Cc1cccc(C(=O)Nc2sc3c(c2C(=O)Nc2ccc(CCc4ccc(C(=O)O)cc4)cc2)CCCC3)c1)C(=O)c1ccc(C(=O)O)cc1. The lowest BCUT2D eigenvalue weighted by atomic mass is 9.95. The Hall–Kier alpha value is -6.07. The zero-order chi connectivity index (χ0) is 39.8. The highest BCUT2D eigenvalue weighted by Gasteiger charge is 2.28. The lowest BCUT2D eigenvalue weighted by Crippen LogP contribution is -2.39. The molecule has 56 heavy (non-hydrogen) atoms. The Labute approximate surface area is 330 Å². The van der Waals surface area contributed by atoms with Crippen LogP contribution in [0.5, 0.6) is 0 Å². The molecule has 6 rings (SSSR count). The van der Waals surface area contributed by atoms with Crippen molar-refractivity contribution in [1.82, 2.24) is 4.90 Å². The van der Waals surface area contributed by atoms with Crippen LogP contribution in [0.4, 0.5) is 10.7 Å². The Bertz CT molecular complexity index is 2220. The average Bonchev–Trinajstić information content (AvgIpc) is 3.58. The maximum atomic E-state index is 13.9. The maximum absolute atomic E-state index is 13.9. The fraction of sp³-hybridized carbons (Fsp3) is 0.267. The minimum absolute atomic E-state index is 0.0705. The molecule has 4 N–H and O–H groups in total. The van der Waals surface area contributed by atoms with Crippen LogP contribution in [0, 0.1) is 0 Å². The Morgan fingerprint density at radius 1 is 0.661 bits per heavy atom. The summed E-state index contributed by atoms with van der Waals surface area (Å²) in [5.41, 5.74) is 6.14. The second-order valence-electron chi connectivity index (χ2n) is 14.0. The molecule has 4 aromatic carbocycles. The molecule has 1 aliphatic carbocycles. The molecule has 11 heteroatoms. The highest BCUT2D eigenvalue weighted by atomic mass is 32.1. The normalized spacial score (nSPS) is 12.1. The summed E-state index contributed by atoms with van der Waals surface area (Å²) in [4.78, 5) is 66.9. The van der Waals surface area contributed by atoms with Crippen molar-refractivity contribution in [2.75, 3.05) is 10.6 Å². The summed E-state index contributed by atoms with van der Waals surface area (Å²) in [5.74, 6) is -2.87. The van der Waals surface area contributed by atoms with Crippen LogP contribution in [0.2, 0.25) is 0 Å². The Morgan fingerprint density at radius 2 is 1.23 bits per heavy atom. The first-order valence-corrected chi connectivity index (χ1v) is 19.8. The van der Waals surface area contributed by atoms with Crippen molar-refractivity contribution in [3.05, 3.63) is 152 Å². The molecule has 0 radical (unpaired) electrons. The van der Waals surface area contributed by atoms with Gasteiger partial charge in [-0.2, -0.15) is 0 Å². The van der Waals surface area contributed by atoms with Crippen molar-refractivity contribution < 1.29 is 34.2 Å². The van der Waals surface area contributed by atoms with Gasteiger partial charge >= 0.3 is 11.9 Å². The highest BCUT2D eigenvalue weighted by molar-refractivity contribution is 7.17. The van der Waals surface area contributed by atoms with Crippen LogP contribution in [-0.2, 0) is 32.2 Å². The van der Waals surface area contributed by atoms with Gasteiger partial charge in [0.1, 0.15) is 5.00 Å². The van der Waals surface area contributed by atoms with Gasteiger partial charge in [-0.15, -0.1) is 11.3 Å². The zero-order valence-corrected chi connectivity index (χ0v) is 32.3. The van der Waals surface area contributed by atoms with E-state index < -0.39 is 11.9 Å². The van der Waals surface area contributed by atoms with E-state index in [1.54, 1.807) is 35.2 Å². The first kappa shape index (κ1) is 39.6. The average molecular weight is 772 g/mol. The van der Waals surface area contributed by atoms with Crippen molar-refractivity contribution >= 4 is 51.7 Å². The number of aromatic carboxylic acids is 2. The van der Waals surface area contributed by atoms with Crippen LogP contribution >= 0.6 is 11.3 Å². The molecule has 0 saturated carbocycles. The smallest absolute Gasteiger partial charge is 0.335 e. The number of nitrogens with zero attached hydrogens (tertiary/aromatic N) is 1. The van der Waals surface area contributed by atoms with Crippen LogP contribution < -0.4 is 10.6 Å². The molecule has 1 heterocycles. The highest BCUT2D eigenvalue weighted by Crippen LogP contribution is 2.39. The lowest BCUT2D eigenvalue weighted by Gasteiger charge is -2.31.